The molecular weight excluding hydrogens is 265 g/mol. The van der Waals surface area contributed by atoms with Crippen LogP contribution in [0.15, 0.2) is 18.2 Å². The largest absolute Gasteiger partial charge is 0.321 e. The van der Waals surface area contributed by atoms with Crippen LogP contribution in [0.25, 0.3) is 0 Å². The highest BCUT2D eigenvalue weighted by Crippen LogP contribution is 2.20. The number of amides is 1. The molecule has 0 heterocycles. The third-order valence-electron chi connectivity index (χ3n) is 2.24. The summed E-state index contributed by atoms with van der Waals surface area (Å²) >= 11 is 16.5. The molecule has 86 valence electrons. The van der Waals surface area contributed by atoms with Gasteiger partial charge in [0.2, 0.25) is 0 Å². The van der Waals surface area contributed by atoms with Gasteiger partial charge in [-0.2, -0.15) is 0 Å². The Balaban J connectivity index is 3.05. The molecule has 2 nitrogen and oxygen atoms in total. The second-order valence-electron chi connectivity index (χ2n) is 3.28. The molecule has 0 bridgehead atoms. The first kappa shape index (κ1) is 13.4. The Hall–Kier alpha value is -0.640. The van der Waals surface area contributed by atoms with Gasteiger partial charge in [0.1, 0.15) is 4.99 Å². The molecular formula is C11H11Cl2NOS. The molecule has 0 aliphatic heterocycles. The van der Waals surface area contributed by atoms with Gasteiger partial charge in [0.25, 0.3) is 0 Å². The zero-order valence-electron chi connectivity index (χ0n) is 8.96. The Kier molecular flexibility index (Phi) is 4.71. The summed E-state index contributed by atoms with van der Waals surface area (Å²) in [6.07, 6.45) is 0.900. The zero-order chi connectivity index (χ0) is 12.3. The summed E-state index contributed by atoms with van der Waals surface area (Å²) in [6, 6.07) is 5.58. The summed E-state index contributed by atoms with van der Waals surface area (Å²) in [5.41, 5.74) is 1.77. The number of nitrogens with zero attached hydrogens (tertiary/aromatic N) is 1. The molecule has 0 unspecified atom stereocenters. The maximum atomic E-state index is 11.0. The summed E-state index contributed by atoms with van der Waals surface area (Å²) in [5, 5.41) is -0.0882. The van der Waals surface area contributed by atoms with Gasteiger partial charge in [-0.15, -0.1) is 0 Å². The first-order valence-electron chi connectivity index (χ1n) is 4.73. The fraction of sp³-hybridized carbons (Fsp3) is 0.273. The van der Waals surface area contributed by atoms with Crippen molar-refractivity contribution in [2.24, 2.45) is 0 Å². The van der Waals surface area contributed by atoms with Crippen molar-refractivity contribution in [2.45, 2.75) is 13.3 Å². The Labute approximate surface area is 110 Å². The number of thiocarbonyl (C=S) groups is 1. The number of rotatable bonds is 2. The highest BCUT2D eigenvalue weighted by Gasteiger charge is 2.15. The van der Waals surface area contributed by atoms with Crippen LogP contribution >= 0.6 is 35.4 Å². The van der Waals surface area contributed by atoms with E-state index in [4.69, 9.17) is 35.4 Å². The van der Waals surface area contributed by atoms with Crippen LogP contribution in [-0.4, -0.2) is 22.3 Å². The number of halogens is 2. The monoisotopic (exact) mass is 275 g/mol. The van der Waals surface area contributed by atoms with Gasteiger partial charge in [0.15, 0.2) is 0 Å². The number of carbonyl (C=O) groups is 1. The second kappa shape index (κ2) is 5.62. The maximum absolute atomic E-state index is 11.0. The van der Waals surface area contributed by atoms with Gasteiger partial charge < -0.3 is 0 Å². The highest BCUT2D eigenvalue weighted by atomic mass is 35.5. The Morgan fingerprint density at radius 2 is 2.12 bits per heavy atom. The van der Waals surface area contributed by atoms with Gasteiger partial charge in [0, 0.05) is 12.6 Å². The number of aryl methyl sites for hydroxylation is 1. The topological polar surface area (TPSA) is 20.3 Å². The molecule has 0 saturated heterocycles. The van der Waals surface area contributed by atoms with E-state index in [2.05, 4.69) is 0 Å². The van der Waals surface area contributed by atoms with Crippen LogP contribution in [0.4, 0.5) is 4.79 Å². The van der Waals surface area contributed by atoms with E-state index in [-0.39, 0.29) is 0 Å². The molecule has 0 N–H and O–H groups in total. The van der Waals surface area contributed by atoms with E-state index in [1.807, 2.05) is 19.1 Å². The van der Waals surface area contributed by atoms with Gasteiger partial charge >= 0.3 is 5.37 Å². The molecule has 1 aromatic rings. The van der Waals surface area contributed by atoms with Crippen molar-refractivity contribution in [3.8, 4) is 0 Å². The molecule has 0 aliphatic carbocycles. The number of hydrogen-bond acceptors (Lipinski definition) is 2. The predicted molar refractivity (Wildman–Crippen MR) is 71.5 cm³/mol. The lowest BCUT2D eigenvalue weighted by Crippen LogP contribution is -2.28. The average Bonchev–Trinajstić information content (AvgIpc) is 2.26. The smallest absolute Gasteiger partial charge is 0.292 e. The first-order valence-corrected chi connectivity index (χ1v) is 5.89. The van der Waals surface area contributed by atoms with Gasteiger partial charge in [-0.3, -0.25) is 9.69 Å². The molecule has 1 rings (SSSR count). The van der Waals surface area contributed by atoms with Gasteiger partial charge in [-0.25, -0.2) is 0 Å². The Bertz CT molecular complexity index is 434. The van der Waals surface area contributed by atoms with Crippen molar-refractivity contribution in [3.05, 3.63) is 34.3 Å². The SMILES string of the molecule is CCc1ccc(C(=S)N(C)C(=O)Cl)c(Cl)c1. The summed E-state index contributed by atoms with van der Waals surface area (Å²) in [6.45, 7) is 2.04. The lowest BCUT2D eigenvalue weighted by atomic mass is 10.1. The van der Waals surface area contributed by atoms with E-state index in [0.717, 1.165) is 12.0 Å². The van der Waals surface area contributed by atoms with Gasteiger partial charge in [-0.1, -0.05) is 42.9 Å². The van der Waals surface area contributed by atoms with E-state index in [1.165, 1.54) is 11.9 Å². The molecule has 0 aliphatic rings. The fourth-order valence-electron chi connectivity index (χ4n) is 1.21. The van der Waals surface area contributed by atoms with Crippen LogP contribution in [0.2, 0.25) is 5.02 Å². The van der Waals surface area contributed by atoms with Crippen molar-refractivity contribution in [2.75, 3.05) is 7.05 Å². The summed E-state index contributed by atoms with van der Waals surface area (Å²) in [7, 11) is 1.52. The minimum Gasteiger partial charge on any atom is -0.292 e. The third kappa shape index (κ3) is 2.94. The standard InChI is InChI=1S/C11H11Cl2NOS/c1-3-7-4-5-8(9(12)6-7)10(16)14(2)11(13)15/h4-6H,3H2,1-2H3. The minimum atomic E-state index is -0.624. The fourth-order valence-corrected chi connectivity index (χ4v) is 1.96. The van der Waals surface area contributed by atoms with Gasteiger partial charge in [0.05, 0.1) is 5.02 Å². The molecule has 5 heteroatoms. The molecule has 16 heavy (non-hydrogen) atoms. The van der Waals surface area contributed by atoms with E-state index in [0.29, 0.717) is 15.6 Å². The predicted octanol–water partition coefficient (Wildman–Crippen LogP) is 3.87. The Morgan fingerprint density at radius 3 is 2.56 bits per heavy atom. The lowest BCUT2D eigenvalue weighted by Gasteiger charge is -2.16. The molecule has 0 saturated carbocycles. The van der Waals surface area contributed by atoms with Crippen molar-refractivity contribution in [3.63, 3.8) is 0 Å². The van der Waals surface area contributed by atoms with Crippen molar-refractivity contribution >= 4 is 45.8 Å². The third-order valence-corrected chi connectivity index (χ3v) is 3.30. The highest BCUT2D eigenvalue weighted by molar-refractivity contribution is 7.80. The van der Waals surface area contributed by atoms with Crippen molar-refractivity contribution < 1.29 is 4.79 Å². The normalized spacial score (nSPS) is 10.0. The number of hydrogen-bond donors (Lipinski definition) is 0. The Morgan fingerprint density at radius 1 is 1.50 bits per heavy atom. The zero-order valence-corrected chi connectivity index (χ0v) is 11.3. The summed E-state index contributed by atoms with van der Waals surface area (Å²) in [4.78, 5) is 12.5. The second-order valence-corrected chi connectivity index (χ2v) is 4.40. The van der Waals surface area contributed by atoms with Crippen LogP contribution in [-0.2, 0) is 6.42 Å². The van der Waals surface area contributed by atoms with Crippen LogP contribution < -0.4 is 0 Å². The van der Waals surface area contributed by atoms with Crippen molar-refractivity contribution in [1.82, 2.24) is 4.90 Å². The molecule has 1 aromatic carbocycles. The lowest BCUT2D eigenvalue weighted by molar-refractivity contribution is 0.248. The van der Waals surface area contributed by atoms with E-state index < -0.39 is 5.37 Å². The number of carbonyl (C=O) groups excluding carboxylic acids is 1. The summed E-state index contributed by atoms with van der Waals surface area (Å²) < 4.78 is 0. The van der Waals surface area contributed by atoms with Crippen molar-refractivity contribution in [1.29, 1.82) is 0 Å². The van der Waals surface area contributed by atoms with Gasteiger partial charge in [-0.05, 0) is 29.7 Å². The molecule has 0 aromatic heterocycles. The van der Waals surface area contributed by atoms with Crippen LogP contribution in [0, 0.1) is 0 Å². The molecule has 0 radical (unpaired) electrons. The average molecular weight is 276 g/mol. The van der Waals surface area contributed by atoms with E-state index >= 15 is 0 Å². The quantitative estimate of drug-likeness (QED) is 0.464. The summed E-state index contributed by atoms with van der Waals surface area (Å²) in [5.74, 6) is 0. The first-order chi connectivity index (χ1) is 7.47. The van der Waals surface area contributed by atoms with Crippen LogP contribution in [0.5, 0.6) is 0 Å². The molecule has 0 atom stereocenters. The van der Waals surface area contributed by atoms with Crippen LogP contribution in [0.3, 0.4) is 0 Å². The van der Waals surface area contributed by atoms with E-state index in [9.17, 15) is 4.79 Å². The minimum absolute atomic E-state index is 0.327. The van der Waals surface area contributed by atoms with E-state index in [1.54, 1.807) is 6.07 Å². The van der Waals surface area contributed by atoms with Crippen LogP contribution in [0.1, 0.15) is 18.1 Å². The molecule has 1 amide bonds. The molecule has 0 spiro atoms. The molecule has 0 fully saturated rings. The number of benzene rings is 1. The maximum Gasteiger partial charge on any atom is 0.321 e.